The quantitative estimate of drug-likeness (QED) is 0.257. The second-order valence-electron chi connectivity index (χ2n) is 6.97. The zero-order valence-corrected chi connectivity index (χ0v) is 18.8. The maximum atomic E-state index is 12.7. The summed E-state index contributed by atoms with van der Waals surface area (Å²) >= 11 is 0. The number of nitrogens with one attached hydrogen (secondary N) is 1. The zero-order chi connectivity index (χ0) is 25.6. The predicted molar refractivity (Wildman–Crippen MR) is 120 cm³/mol. The molecule has 0 atom stereocenters. The minimum Gasteiger partial charge on any atom is -0.493 e. The first kappa shape index (κ1) is 25.5. The smallest absolute Gasteiger partial charge is 0.416 e. The van der Waals surface area contributed by atoms with Crippen molar-refractivity contribution < 1.29 is 36.0 Å². The third kappa shape index (κ3) is 6.47. The highest BCUT2D eigenvalue weighted by molar-refractivity contribution is 7.89. The summed E-state index contributed by atoms with van der Waals surface area (Å²) in [7, 11) is -3.01. The van der Waals surface area contributed by atoms with Crippen LogP contribution in [0.5, 0.6) is 11.5 Å². The number of hydrogen-bond acceptors (Lipinski definition) is 7. The molecule has 0 unspecified atom stereocenters. The molecule has 0 radical (unpaired) electrons. The second kappa shape index (κ2) is 10.4. The summed E-state index contributed by atoms with van der Waals surface area (Å²) in [5.74, 6) is 0.226. The van der Waals surface area contributed by atoms with E-state index in [1.807, 2.05) is 35.2 Å². The van der Waals surface area contributed by atoms with Gasteiger partial charge in [-0.25, -0.2) is 4.83 Å². The molecular formula is C22H18F3N3O6S. The van der Waals surface area contributed by atoms with E-state index < -0.39 is 37.3 Å². The number of alkyl halides is 3. The number of hydrogen-bond donors (Lipinski definition) is 1. The molecule has 3 aromatic rings. The van der Waals surface area contributed by atoms with E-state index in [2.05, 4.69) is 5.10 Å². The normalized spacial score (nSPS) is 11.9. The Labute approximate surface area is 198 Å². The Morgan fingerprint density at radius 2 is 1.71 bits per heavy atom. The zero-order valence-electron chi connectivity index (χ0n) is 18.0. The molecule has 0 spiro atoms. The maximum absolute atomic E-state index is 12.7. The Bertz CT molecular complexity index is 1330. The van der Waals surface area contributed by atoms with E-state index in [4.69, 9.17) is 9.47 Å². The molecule has 0 aliphatic carbocycles. The van der Waals surface area contributed by atoms with E-state index in [0.717, 1.165) is 30.0 Å². The molecule has 9 nitrogen and oxygen atoms in total. The van der Waals surface area contributed by atoms with Gasteiger partial charge in [0.05, 0.1) is 40.3 Å². The fourth-order valence-corrected chi connectivity index (χ4v) is 3.67. The lowest BCUT2D eigenvalue weighted by atomic mass is 10.1. The molecule has 0 saturated carbocycles. The van der Waals surface area contributed by atoms with Crippen LogP contribution in [0.15, 0.2) is 76.7 Å². The Balaban J connectivity index is 1.81. The van der Waals surface area contributed by atoms with Crippen LogP contribution in [0.25, 0.3) is 0 Å². The van der Waals surface area contributed by atoms with E-state index in [9.17, 15) is 31.7 Å². The number of benzene rings is 3. The van der Waals surface area contributed by atoms with Crippen molar-refractivity contribution in [1.82, 2.24) is 4.83 Å². The number of ether oxygens (including phenoxy) is 2. The van der Waals surface area contributed by atoms with Crippen LogP contribution < -0.4 is 14.3 Å². The Morgan fingerprint density at radius 1 is 1.06 bits per heavy atom. The largest absolute Gasteiger partial charge is 0.493 e. The van der Waals surface area contributed by atoms with Crippen LogP contribution in [0.3, 0.4) is 0 Å². The molecule has 3 rings (SSSR count). The van der Waals surface area contributed by atoms with Gasteiger partial charge < -0.3 is 9.47 Å². The predicted octanol–water partition coefficient (Wildman–Crippen LogP) is 4.51. The first-order chi connectivity index (χ1) is 16.5. The lowest BCUT2D eigenvalue weighted by Crippen LogP contribution is -2.18. The van der Waals surface area contributed by atoms with Crippen molar-refractivity contribution in [2.75, 3.05) is 7.11 Å². The average Bonchev–Trinajstić information content (AvgIpc) is 2.82. The van der Waals surface area contributed by atoms with Crippen LogP contribution in [-0.2, 0) is 22.8 Å². The molecule has 184 valence electrons. The molecule has 0 bridgehead atoms. The van der Waals surface area contributed by atoms with Gasteiger partial charge in [0.1, 0.15) is 6.61 Å². The average molecular weight is 509 g/mol. The summed E-state index contributed by atoms with van der Waals surface area (Å²) in [6.07, 6.45) is -3.74. The first-order valence-electron chi connectivity index (χ1n) is 9.76. The van der Waals surface area contributed by atoms with Crippen molar-refractivity contribution in [3.63, 3.8) is 0 Å². The number of nitro groups is 1. The number of methoxy groups -OCH3 is 1. The van der Waals surface area contributed by atoms with E-state index in [0.29, 0.717) is 12.1 Å². The standard InChI is InChI=1S/C22H18F3N3O6S/c1-33-20-11-16(19(28(29)30)12-21(20)34-14-15-5-3-2-4-6-15)13-26-27-35(31,32)18-9-7-17(8-10-18)22(23,24)25/h2-13,27H,14H2,1H3. The fraction of sp³-hybridized carbons (Fsp3) is 0.136. The minimum absolute atomic E-state index is 0.0885. The number of nitro benzene ring substituents is 1. The van der Waals surface area contributed by atoms with Gasteiger partial charge in [0, 0.05) is 0 Å². The molecule has 0 fully saturated rings. The number of hydrazone groups is 1. The fourth-order valence-electron chi connectivity index (χ4n) is 2.88. The van der Waals surface area contributed by atoms with E-state index >= 15 is 0 Å². The lowest BCUT2D eigenvalue weighted by Gasteiger charge is -2.12. The number of halogens is 3. The summed E-state index contributed by atoms with van der Waals surface area (Å²) in [5, 5.41) is 15.1. The molecule has 0 saturated heterocycles. The SMILES string of the molecule is COc1cc(C=NNS(=O)(=O)c2ccc(C(F)(F)F)cc2)c([N+](=O)[O-])cc1OCc1ccccc1. The summed E-state index contributed by atoms with van der Waals surface area (Å²) in [6, 6.07) is 14.2. The number of nitrogens with zero attached hydrogens (tertiary/aromatic N) is 2. The monoisotopic (exact) mass is 509 g/mol. The van der Waals surface area contributed by atoms with Gasteiger partial charge in [-0.15, -0.1) is 0 Å². The van der Waals surface area contributed by atoms with Gasteiger partial charge in [-0.1, -0.05) is 30.3 Å². The summed E-state index contributed by atoms with van der Waals surface area (Å²) < 4.78 is 73.5. The van der Waals surface area contributed by atoms with Crippen LogP contribution in [0.4, 0.5) is 18.9 Å². The lowest BCUT2D eigenvalue weighted by molar-refractivity contribution is -0.385. The van der Waals surface area contributed by atoms with Crippen LogP contribution in [0.1, 0.15) is 16.7 Å². The second-order valence-corrected chi connectivity index (χ2v) is 8.63. The van der Waals surface area contributed by atoms with E-state index in [1.165, 1.54) is 13.2 Å². The minimum atomic E-state index is -4.62. The third-order valence-corrected chi connectivity index (χ3v) is 5.85. The van der Waals surface area contributed by atoms with Crippen LogP contribution >= 0.6 is 0 Å². The highest BCUT2D eigenvalue weighted by Crippen LogP contribution is 2.34. The molecule has 1 N–H and O–H groups in total. The van der Waals surface area contributed by atoms with Gasteiger partial charge in [0.15, 0.2) is 11.5 Å². The van der Waals surface area contributed by atoms with Gasteiger partial charge >= 0.3 is 6.18 Å². The van der Waals surface area contributed by atoms with E-state index in [-0.39, 0.29) is 23.7 Å². The summed E-state index contributed by atoms with van der Waals surface area (Å²) in [4.78, 5) is 12.2. The van der Waals surface area contributed by atoms with Crippen LogP contribution in [0, 0.1) is 10.1 Å². The Kier molecular flexibility index (Phi) is 7.59. The highest BCUT2D eigenvalue weighted by Gasteiger charge is 2.30. The molecule has 0 amide bonds. The molecule has 0 aliphatic rings. The first-order valence-corrected chi connectivity index (χ1v) is 11.2. The highest BCUT2D eigenvalue weighted by atomic mass is 32.2. The van der Waals surface area contributed by atoms with Gasteiger partial charge in [-0.05, 0) is 35.9 Å². The Hall–Kier alpha value is -4.13. The van der Waals surface area contributed by atoms with Crippen molar-refractivity contribution in [1.29, 1.82) is 0 Å². The molecule has 0 aliphatic heterocycles. The third-order valence-electron chi connectivity index (χ3n) is 4.62. The van der Waals surface area contributed by atoms with Gasteiger partial charge in [-0.3, -0.25) is 10.1 Å². The molecular weight excluding hydrogens is 491 g/mol. The molecule has 0 aromatic heterocycles. The van der Waals surface area contributed by atoms with Crippen molar-refractivity contribution in [2.24, 2.45) is 5.10 Å². The molecule has 13 heteroatoms. The van der Waals surface area contributed by atoms with Crippen molar-refractivity contribution >= 4 is 21.9 Å². The van der Waals surface area contributed by atoms with Gasteiger partial charge in [0.2, 0.25) is 0 Å². The van der Waals surface area contributed by atoms with Crippen LogP contribution in [0.2, 0.25) is 0 Å². The van der Waals surface area contributed by atoms with Gasteiger partial charge in [-0.2, -0.15) is 26.7 Å². The topological polar surface area (TPSA) is 120 Å². The van der Waals surface area contributed by atoms with Crippen molar-refractivity contribution in [3.8, 4) is 11.5 Å². The summed E-state index contributed by atoms with van der Waals surface area (Å²) in [6.45, 7) is 0.120. The van der Waals surface area contributed by atoms with Crippen molar-refractivity contribution in [2.45, 2.75) is 17.7 Å². The molecule has 3 aromatic carbocycles. The number of rotatable bonds is 9. The van der Waals surface area contributed by atoms with E-state index in [1.54, 1.807) is 0 Å². The van der Waals surface area contributed by atoms with Crippen LogP contribution in [-0.4, -0.2) is 26.7 Å². The number of sulfonamides is 1. The van der Waals surface area contributed by atoms with Gasteiger partial charge in [0.25, 0.3) is 15.7 Å². The Morgan fingerprint density at radius 3 is 2.29 bits per heavy atom. The molecule has 35 heavy (non-hydrogen) atoms. The molecule has 0 heterocycles. The van der Waals surface area contributed by atoms with Crippen molar-refractivity contribution in [3.05, 3.63) is 93.5 Å². The summed E-state index contributed by atoms with van der Waals surface area (Å²) in [5.41, 5.74) is -0.738. The maximum Gasteiger partial charge on any atom is 0.416 e.